The monoisotopic (exact) mass is 375 g/mol. The van der Waals surface area contributed by atoms with E-state index in [2.05, 4.69) is 4.99 Å². The van der Waals surface area contributed by atoms with Gasteiger partial charge in [-0.1, -0.05) is 23.5 Å². The quantitative estimate of drug-likeness (QED) is 0.817. The van der Waals surface area contributed by atoms with E-state index < -0.39 is 11.6 Å². The first-order valence-electron chi connectivity index (χ1n) is 8.32. The van der Waals surface area contributed by atoms with Crippen LogP contribution >= 0.6 is 11.3 Å². The van der Waals surface area contributed by atoms with Gasteiger partial charge in [-0.2, -0.15) is 0 Å². The Morgan fingerprint density at radius 2 is 1.81 bits per heavy atom. The van der Waals surface area contributed by atoms with Gasteiger partial charge in [-0.3, -0.25) is 9.69 Å². The van der Waals surface area contributed by atoms with E-state index in [1.807, 2.05) is 63.6 Å². The Kier molecular flexibility index (Phi) is 5.71. The second-order valence-electron chi connectivity index (χ2n) is 7.23. The van der Waals surface area contributed by atoms with Crippen LogP contribution < -0.4 is 4.80 Å². The SMILES string of the molecule is CC(=O)c1s/c(=N/c2ccc(CN(C(=O)O)C(C)(C)C)cc2)n(C)c1C. The third-order valence-corrected chi connectivity index (χ3v) is 5.51. The van der Waals surface area contributed by atoms with E-state index in [0.29, 0.717) is 11.4 Å². The van der Waals surface area contributed by atoms with Crippen molar-refractivity contribution in [2.24, 2.45) is 12.0 Å². The van der Waals surface area contributed by atoms with Crippen LogP contribution in [0.25, 0.3) is 0 Å². The predicted molar refractivity (Wildman–Crippen MR) is 103 cm³/mol. The molecule has 1 aromatic carbocycles. The number of carbonyl (C=O) groups excluding carboxylic acids is 1. The summed E-state index contributed by atoms with van der Waals surface area (Å²) in [6.45, 7) is 9.40. The van der Waals surface area contributed by atoms with Crippen LogP contribution in [-0.4, -0.2) is 32.0 Å². The summed E-state index contributed by atoms with van der Waals surface area (Å²) in [4.78, 5) is 30.6. The molecule has 0 bridgehead atoms. The lowest BCUT2D eigenvalue weighted by Crippen LogP contribution is -2.44. The number of ketones is 1. The molecule has 1 N–H and O–H groups in total. The van der Waals surface area contributed by atoms with E-state index in [1.54, 1.807) is 6.92 Å². The number of amides is 1. The number of rotatable bonds is 4. The van der Waals surface area contributed by atoms with Gasteiger partial charge in [-0.15, -0.1) is 0 Å². The molecule has 6 nitrogen and oxygen atoms in total. The highest BCUT2D eigenvalue weighted by molar-refractivity contribution is 7.11. The fourth-order valence-electron chi connectivity index (χ4n) is 2.51. The molecule has 1 heterocycles. The number of hydrogen-bond acceptors (Lipinski definition) is 4. The molecule has 0 aliphatic rings. The zero-order valence-electron chi connectivity index (χ0n) is 16.0. The van der Waals surface area contributed by atoms with Gasteiger partial charge in [0, 0.05) is 31.7 Å². The summed E-state index contributed by atoms with van der Waals surface area (Å²) in [5.41, 5.74) is 2.09. The Morgan fingerprint density at radius 3 is 2.23 bits per heavy atom. The maximum Gasteiger partial charge on any atom is 0.408 e. The maximum absolute atomic E-state index is 11.7. The van der Waals surface area contributed by atoms with Gasteiger partial charge in [0.15, 0.2) is 10.6 Å². The van der Waals surface area contributed by atoms with Gasteiger partial charge in [-0.25, -0.2) is 9.79 Å². The van der Waals surface area contributed by atoms with Crippen LogP contribution in [-0.2, 0) is 13.6 Å². The Bertz CT molecular complexity index is 886. The zero-order valence-corrected chi connectivity index (χ0v) is 16.8. The zero-order chi connectivity index (χ0) is 19.6. The molecule has 0 spiro atoms. The summed E-state index contributed by atoms with van der Waals surface area (Å²) in [7, 11) is 1.89. The van der Waals surface area contributed by atoms with E-state index in [4.69, 9.17) is 0 Å². The molecular formula is C19H25N3O3S. The molecule has 2 aromatic rings. The lowest BCUT2D eigenvalue weighted by atomic mass is 10.1. The standard InChI is InChI=1S/C19H25N3O3S/c1-12-16(13(2)23)26-17(21(12)6)20-15-9-7-14(8-10-15)11-22(18(24)25)19(3,4)5/h7-10H,11H2,1-6H3,(H,24,25)/b20-17+. The minimum Gasteiger partial charge on any atom is -0.465 e. The first-order chi connectivity index (χ1) is 12.0. The Morgan fingerprint density at radius 1 is 1.23 bits per heavy atom. The lowest BCUT2D eigenvalue weighted by molar-refractivity contribution is 0.0954. The number of hydrogen-bond donors (Lipinski definition) is 1. The van der Waals surface area contributed by atoms with Crippen LogP contribution in [0.15, 0.2) is 29.3 Å². The van der Waals surface area contributed by atoms with Crippen molar-refractivity contribution in [3.63, 3.8) is 0 Å². The highest BCUT2D eigenvalue weighted by atomic mass is 32.1. The average Bonchev–Trinajstić information content (AvgIpc) is 2.81. The van der Waals surface area contributed by atoms with Crippen LogP contribution in [0.2, 0.25) is 0 Å². The Labute approximate surface area is 157 Å². The number of Topliss-reactive ketones (excluding diaryl/α,β-unsaturated/α-hetero) is 1. The number of nitrogens with zero attached hydrogens (tertiary/aromatic N) is 3. The molecule has 1 amide bonds. The number of carboxylic acid groups (broad SMARTS) is 1. The van der Waals surface area contributed by atoms with Gasteiger partial charge in [0.05, 0.1) is 10.6 Å². The van der Waals surface area contributed by atoms with Crippen LogP contribution in [0.5, 0.6) is 0 Å². The molecule has 0 saturated carbocycles. The summed E-state index contributed by atoms with van der Waals surface area (Å²) in [5.74, 6) is 0.0378. The largest absolute Gasteiger partial charge is 0.465 e. The molecule has 0 saturated heterocycles. The molecule has 0 aliphatic heterocycles. The average molecular weight is 375 g/mol. The lowest BCUT2D eigenvalue weighted by Gasteiger charge is -2.33. The molecule has 1 aromatic heterocycles. The van der Waals surface area contributed by atoms with E-state index in [9.17, 15) is 14.7 Å². The molecule has 26 heavy (non-hydrogen) atoms. The summed E-state index contributed by atoms with van der Waals surface area (Å²) in [6, 6.07) is 7.49. The van der Waals surface area contributed by atoms with Gasteiger partial charge >= 0.3 is 6.09 Å². The molecule has 0 aliphatic carbocycles. The highest BCUT2D eigenvalue weighted by Gasteiger charge is 2.25. The smallest absolute Gasteiger partial charge is 0.408 e. The Hall–Kier alpha value is -2.41. The minimum atomic E-state index is -0.941. The van der Waals surface area contributed by atoms with Crippen molar-refractivity contribution in [2.45, 2.75) is 46.7 Å². The minimum absolute atomic E-state index is 0.0378. The summed E-state index contributed by atoms with van der Waals surface area (Å²) >= 11 is 1.37. The molecular weight excluding hydrogens is 350 g/mol. The van der Waals surface area contributed by atoms with Gasteiger partial charge in [0.1, 0.15) is 0 Å². The predicted octanol–water partition coefficient (Wildman–Crippen LogP) is 4.11. The topological polar surface area (TPSA) is 74.9 Å². The molecule has 0 atom stereocenters. The second kappa shape index (κ2) is 7.45. The van der Waals surface area contributed by atoms with Crippen molar-refractivity contribution in [1.29, 1.82) is 0 Å². The molecule has 0 unspecified atom stereocenters. The van der Waals surface area contributed by atoms with Crippen molar-refractivity contribution in [2.75, 3.05) is 0 Å². The number of carbonyl (C=O) groups is 2. The van der Waals surface area contributed by atoms with Crippen molar-refractivity contribution in [3.05, 3.63) is 45.2 Å². The summed E-state index contributed by atoms with van der Waals surface area (Å²) < 4.78 is 1.90. The van der Waals surface area contributed by atoms with Gasteiger partial charge in [0.25, 0.3) is 0 Å². The first-order valence-corrected chi connectivity index (χ1v) is 9.14. The third-order valence-electron chi connectivity index (χ3n) is 4.17. The fourth-order valence-corrected chi connectivity index (χ4v) is 3.55. The van der Waals surface area contributed by atoms with Gasteiger partial charge < -0.3 is 9.67 Å². The van der Waals surface area contributed by atoms with Gasteiger partial charge in [-0.05, 0) is 45.4 Å². The van der Waals surface area contributed by atoms with Crippen molar-refractivity contribution < 1.29 is 14.7 Å². The third kappa shape index (κ3) is 4.40. The van der Waals surface area contributed by atoms with Gasteiger partial charge in [0.2, 0.25) is 0 Å². The first kappa shape index (κ1) is 19.9. The van der Waals surface area contributed by atoms with E-state index in [0.717, 1.165) is 21.7 Å². The van der Waals surface area contributed by atoms with Crippen LogP contribution in [0.1, 0.15) is 48.6 Å². The number of benzene rings is 1. The van der Waals surface area contributed by atoms with Crippen molar-refractivity contribution in [1.82, 2.24) is 9.47 Å². The van der Waals surface area contributed by atoms with E-state index >= 15 is 0 Å². The summed E-state index contributed by atoms with van der Waals surface area (Å²) in [6.07, 6.45) is -0.941. The van der Waals surface area contributed by atoms with E-state index in [-0.39, 0.29) is 5.78 Å². The maximum atomic E-state index is 11.7. The number of aromatic nitrogens is 1. The number of thiazole rings is 1. The highest BCUT2D eigenvalue weighted by Crippen LogP contribution is 2.20. The molecule has 0 radical (unpaired) electrons. The molecule has 7 heteroatoms. The Balaban J connectivity index is 2.29. The van der Waals surface area contributed by atoms with E-state index in [1.165, 1.54) is 16.2 Å². The van der Waals surface area contributed by atoms with Crippen LogP contribution in [0.3, 0.4) is 0 Å². The van der Waals surface area contributed by atoms with Crippen LogP contribution in [0, 0.1) is 6.92 Å². The molecule has 2 rings (SSSR count). The van der Waals surface area contributed by atoms with Crippen molar-refractivity contribution >= 4 is 28.9 Å². The molecule has 140 valence electrons. The second-order valence-corrected chi connectivity index (χ2v) is 8.21. The fraction of sp³-hybridized carbons (Fsp3) is 0.421. The van der Waals surface area contributed by atoms with Crippen LogP contribution in [0.4, 0.5) is 10.5 Å². The summed E-state index contributed by atoms with van der Waals surface area (Å²) in [5, 5.41) is 9.40. The molecule has 0 fully saturated rings. The normalized spacial score (nSPS) is 12.3. The van der Waals surface area contributed by atoms with Crippen molar-refractivity contribution in [3.8, 4) is 0 Å².